The third-order valence-electron chi connectivity index (χ3n) is 5.47. The highest BCUT2D eigenvalue weighted by atomic mass is 32.1. The zero-order valence-corrected chi connectivity index (χ0v) is 15.2. The van der Waals surface area contributed by atoms with Gasteiger partial charge in [-0.25, -0.2) is 0 Å². The van der Waals surface area contributed by atoms with Crippen molar-refractivity contribution in [2.75, 3.05) is 19.6 Å². The predicted octanol–water partition coefficient (Wildman–Crippen LogP) is 3.32. The molecular formula is C20H22N2O2S. The van der Waals surface area contributed by atoms with Crippen molar-refractivity contribution in [3.63, 3.8) is 0 Å². The first-order valence-corrected chi connectivity index (χ1v) is 9.68. The van der Waals surface area contributed by atoms with Crippen LogP contribution in [0.2, 0.25) is 0 Å². The number of likely N-dealkylation sites (tertiary alicyclic amines) is 2. The molecule has 0 bridgehead atoms. The van der Waals surface area contributed by atoms with Crippen molar-refractivity contribution in [2.24, 2.45) is 5.41 Å². The molecule has 4 rings (SSSR count). The summed E-state index contributed by atoms with van der Waals surface area (Å²) in [6.45, 7) is 4.76. The van der Waals surface area contributed by atoms with Crippen molar-refractivity contribution >= 4 is 23.2 Å². The molecule has 1 spiro atoms. The quantitative estimate of drug-likeness (QED) is 0.848. The molecule has 5 heteroatoms. The van der Waals surface area contributed by atoms with Gasteiger partial charge in [0.05, 0.1) is 11.0 Å². The van der Waals surface area contributed by atoms with Crippen molar-refractivity contribution in [3.05, 3.63) is 57.8 Å². The van der Waals surface area contributed by atoms with Gasteiger partial charge in [0.15, 0.2) is 0 Å². The Morgan fingerprint density at radius 3 is 2.84 bits per heavy atom. The Hall–Kier alpha value is -2.14. The van der Waals surface area contributed by atoms with Gasteiger partial charge in [0.25, 0.3) is 5.91 Å². The minimum absolute atomic E-state index is 0.0584. The highest BCUT2D eigenvalue weighted by molar-refractivity contribution is 7.08. The van der Waals surface area contributed by atoms with E-state index in [1.54, 1.807) is 0 Å². The zero-order chi connectivity index (χ0) is 17.4. The van der Waals surface area contributed by atoms with Crippen LogP contribution >= 0.6 is 11.3 Å². The molecule has 0 N–H and O–H groups in total. The van der Waals surface area contributed by atoms with Crippen molar-refractivity contribution in [1.29, 1.82) is 0 Å². The van der Waals surface area contributed by atoms with E-state index in [2.05, 4.69) is 25.1 Å². The molecule has 2 aliphatic heterocycles. The summed E-state index contributed by atoms with van der Waals surface area (Å²) in [5.41, 5.74) is 2.76. The van der Waals surface area contributed by atoms with E-state index in [1.165, 1.54) is 22.5 Å². The molecule has 0 aliphatic carbocycles. The number of hydrogen-bond acceptors (Lipinski definition) is 3. The number of carbonyl (C=O) groups excluding carboxylic acids is 2. The van der Waals surface area contributed by atoms with Gasteiger partial charge in [0, 0.05) is 31.6 Å². The number of thiophene rings is 1. The maximum atomic E-state index is 13.1. The Morgan fingerprint density at radius 1 is 1.24 bits per heavy atom. The second kappa shape index (κ2) is 6.30. The number of nitrogens with zero attached hydrogens (tertiary/aromatic N) is 2. The molecule has 130 valence electrons. The predicted molar refractivity (Wildman–Crippen MR) is 98.5 cm³/mol. The molecular weight excluding hydrogens is 332 g/mol. The van der Waals surface area contributed by atoms with Crippen molar-refractivity contribution in [2.45, 2.75) is 26.3 Å². The number of carbonyl (C=O) groups is 2. The molecule has 2 aromatic rings. The van der Waals surface area contributed by atoms with E-state index < -0.39 is 0 Å². The lowest BCUT2D eigenvalue weighted by Crippen LogP contribution is -2.38. The van der Waals surface area contributed by atoms with Crippen molar-refractivity contribution < 1.29 is 9.59 Å². The molecule has 1 aromatic carbocycles. The third-order valence-corrected chi connectivity index (χ3v) is 6.15. The van der Waals surface area contributed by atoms with E-state index in [1.807, 2.05) is 32.7 Å². The van der Waals surface area contributed by atoms with Gasteiger partial charge in [0.1, 0.15) is 0 Å². The normalized spacial score (nSPS) is 23.0. The van der Waals surface area contributed by atoms with Crippen LogP contribution in [0.15, 0.2) is 41.1 Å². The Labute approximate surface area is 152 Å². The second-order valence-electron chi connectivity index (χ2n) is 7.23. The third kappa shape index (κ3) is 2.97. The molecule has 0 radical (unpaired) electrons. The molecule has 1 aromatic heterocycles. The standard InChI is InChI=1S/C20H22N2O2S/c1-15-3-2-4-16(11-15)12-21-8-6-20(19(21)24)7-9-22(14-20)18(23)17-5-10-25-13-17/h2-5,10-11,13H,6-9,12,14H2,1H3/t20-/m1/s1. The smallest absolute Gasteiger partial charge is 0.254 e. The van der Waals surface area contributed by atoms with Crippen LogP contribution in [0, 0.1) is 12.3 Å². The highest BCUT2D eigenvalue weighted by Crippen LogP contribution is 2.41. The molecule has 3 heterocycles. The van der Waals surface area contributed by atoms with Crippen LogP contribution in [0.3, 0.4) is 0 Å². The van der Waals surface area contributed by atoms with Crippen molar-refractivity contribution in [1.82, 2.24) is 9.80 Å². The second-order valence-corrected chi connectivity index (χ2v) is 8.01. The lowest BCUT2D eigenvalue weighted by Gasteiger charge is -2.23. The van der Waals surface area contributed by atoms with Gasteiger partial charge in [-0.1, -0.05) is 29.8 Å². The highest BCUT2D eigenvalue weighted by Gasteiger charge is 2.51. The van der Waals surface area contributed by atoms with Crippen LogP contribution in [-0.2, 0) is 11.3 Å². The van der Waals surface area contributed by atoms with E-state index in [4.69, 9.17) is 0 Å². The van der Waals surface area contributed by atoms with Gasteiger partial charge >= 0.3 is 0 Å². The summed E-state index contributed by atoms with van der Waals surface area (Å²) in [5, 5.41) is 3.80. The van der Waals surface area contributed by atoms with Gasteiger partial charge in [-0.3, -0.25) is 9.59 Å². The molecule has 0 unspecified atom stereocenters. The van der Waals surface area contributed by atoms with Gasteiger partial charge in [-0.15, -0.1) is 0 Å². The summed E-state index contributed by atoms with van der Waals surface area (Å²) in [4.78, 5) is 29.5. The lowest BCUT2D eigenvalue weighted by molar-refractivity contribution is -0.135. The lowest BCUT2D eigenvalue weighted by atomic mass is 9.85. The summed E-state index contributed by atoms with van der Waals surface area (Å²) in [6, 6.07) is 10.2. The average Bonchev–Trinajstić information content (AvgIpc) is 3.33. The van der Waals surface area contributed by atoms with Gasteiger partial charge in [-0.05, 0) is 36.8 Å². The molecule has 2 fully saturated rings. The first-order chi connectivity index (χ1) is 12.1. The van der Waals surface area contributed by atoms with E-state index in [9.17, 15) is 9.59 Å². The topological polar surface area (TPSA) is 40.6 Å². The SMILES string of the molecule is Cc1cccc(CN2CC[C@]3(CCN(C(=O)c4ccsc4)C3)C2=O)c1. The number of rotatable bonds is 3. The van der Waals surface area contributed by atoms with Crippen LogP contribution in [0.25, 0.3) is 0 Å². The van der Waals surface area contributed by atoms with E-state index in [0.29, 0.717) is 19.6 Å². The van der Waals surface area contributed by atoms with Crippen LogP contribution < -0.4 is 0 Å². The fourth-order valence-corrected chi connectivity index (χ4v) is 4.70. The molecule has 4 nitrogen and oxygen atoms in total. The van der Waals surface area contributed by atoms with E-state index in [0.717, 1.165) is 24.9 Å². The molecule has 1 atom stereocenters. The van der Waals surface area contributed by atoms with Gasteiger partial charge in [0.2, 0.25) is 5.91 Å². The largest absolute Gasteiger partial charge is 0.338 e. The summed E-state index contributed by atoms with van der Waals surface area (Å²) < 4.78 is 0. The Morgan fingerprint density at radius 2 is 2.08 bits per heavy atom. The minimum Gasteiger partial charge on any atom is -0.338 e. The molecule has 2 amide bonds. The van der Waals surface area contributed by atoms with Crippen LogP contribution in [0.1, 0.15) is 34.3 Å². The fraction of sp³-hybridized carbons (Fsp3) is 0.400. The van der Waals surface area contributed by atoms with Gasteiger partial charge < -0.3 is 9.80 Å². The van der Waals surface area contributed by atoms with Crippen LogP contribution in [-0.4, -0.2) is 41.2 Å². The maximum absolute atomic E-state index is 13.1. The van der Waals surface area contributed by atoms with Crippen LogP contribution in [0.5, 0.6) is 0 Å². The minimum atomic E-state index is -0.366. The summed E-state index contributed by atoms with van der Waals surface area (Å²) >= 11 is 1.53. The molecule has 0 saturated carbocycles. The Kier molecular flexibility index (Phi) is 4.12. The average molecular weight is 354 g/mol. The van der Waals surface area contributed by atoms with Crippen LogP contribution in [0.4, 0.5) is 0 Å². The summed E-state index contributed by atoms with van der Waals surface area (Å²) in [6.07, 6.45) is 1.64. The number of amides is 2. The molecule has 25 heavy (non-hydrogen) atoms. The monoisotopic (exact) mass is 354 g/mol. The number of aryl methyl sites for hydroxylation is 1. The molecule has 2 saturated heterocycles. The fourth-order valence-electron chi connectivity index (χ4n) is 4.07. The summed E-state index contributed by atoms with van der Waals surface area (Å²) in [5.74, 6) is 0.276. The first kappa shape index (κ1) is 16.3. The Bertz CT molecular complexity index is 802. The van der Waals surface area contributed by atoms with Gasteiger partial charge in [-0.2, -0.15) is 11.3 Å². The van der Waals surface area contributed by atoms with Crippen molar-refractivity contribution in [3.8, 4) is 0 Å². The first-order valence-electron chi connectivity index (χ1n) is 8.74. The Balaban J connectivity index is 1.45. The van der Waals surface area contributed by atoms with E-state index >= 15 is 0 Å². The van der Waals surface area contributed by atoms with E-state index in [-0.39, 0.29) is 17.2 Å². The maximum Gasteiger partial charge on any atom is 0.254 e. The zero-order valence-electron chi connectivity index (χ0n) is 14.4. The summed E-state index contributed by atoms with van der Waals surface area (Å²) in [7, 11) is 0. The molecule has 2 aliphatic rings. The number of hydrogen-bond donors (Lipinski definition) is 0. The number of benzene rings is 1.